The first-order valence-corrected chi connectivity index (χ1v) is 10.2. The molecule has 3 heterocycles. The van der Waals surface area contributed by atoms with Crippen molar-refractivity contribution < 1.29 is 4.79 Å². The third kappa shape index (κ3) is 3.06. The Labute approximate surface area is 168 Å². The molecule has 1 aromatic carbocycles. The number of carbonyl (C=O) groups excluding carboxylic acids is 1. The monoisotopic (exact) mass is 389 g/mol. The van der Waals surface area contributed by atoms with E-state index in [4.69, 9.17) is 0 Å². The summed E-state index contributed by atoms with van der Waals surface area (Å²) in [6.45, 7) is 2.91. The van der Waals surface area contributed by atoms with Gasteiger partial charge in [-0.25, -0.2) is 0 Å². The second-order valence-electron chi connectivity index (χ2n) is 7.93. The molecule has 7 heteroatoms. The Morgan fingerprint density at radius 2 is 1.93 bits per heavy atom. The van der Waals surface area contributed by atoms with E-state index in [2.05, 4.69) is 26.7 Å². The zero-order chi connectivity index (χ0) is 20.0. The van der Waals surface area contributed by atoms with Gasteiger partial charge in [0.1, 0.15) is 5.56 Å². The summed E-state index contributed by atoms with van der Waals surface area (Å²) >= 11 is 0. The smallest absolute Gasteiger partial charge is 0.261 e. The van der Waals surface area contributed by atoms with Gasteiger partial charge in [0.2, 0.25) is 0 Å². The molecular formula is C22H23N5O2. The largest absolute Gasteiger partial charge is 0.329 e. The molecule has 0 saturated heterocycles. The Balaban J connectivity index is 1.46. The number of aromatic amines is 1. The quantitative estimate of drug-likeness (QED) is 0.730. The van der Waals surface area contributed by atoms with Crippen LogP contribution >= 0.6 is 0 Å². The summed E-state index contributed by atoms with van der Waals surface area (Å²) in [6, 6.07) is 11.8. The number of hydrogen-bond acceptors (Lipinski definition) is 4. The Morgan fingerprint density at radius 3 is 2.76 bits per heavy atom. The normalized spacial score (nSPS) is 18.2. The van der Waals surface area contributed by atoms with E-state index in [-0.39, 0.29) is 23.1 Å². The summed E-state index contributed by atoms with van der Waals surface area (Å²) in [4.78, 5) is 30.4. The van der Waals surface area contributed by atoms with Gasteiger partial charge in [-0.15, -0.1) is 10.2 Å². The highest BCUT2D eigenvalue weighted by atomic mass is 16.2. The molecule has 29 heavy (non-hydrogen) atoms. The van der Waals surface area contributed by atoms with Gasteiger partial charge in [0, 0.05) is 17.8 Å². The van der Waals surface area contributed by atoms with Gasteiger partial charge in [-0.1, -0.05) is 30.3 Å². The van der Waals surface area contributed by atoms with Crippen molar-refractivity contribution in [1.82, 2.24) is 24.6 Å². The number of aromatic nitrogens is 4. The van der Waals surface area contributed by atoms with Gasteiger partial charge in [-0.05, 0) is 44.2 Å². The van der Waals surface area contributed by atoms with Gasteiger partial charge in [-0.2, -0.15) is 0 Å². The van der Waals surface area contributed by atoms with E-state index in [9.17, 15) is 9.59 Å². The van der Waals surface area contributed by atoms with Crippen LogP contribution in [0.3, 0.4) is 0 Å². The van der Waals surface area contributed by atoms with Crippen LogP contribution in [-0.4, -0.2) is 37.1 Å². The molecule has 5 rings (SSSR count). The van der Waals surface area contributed by atoms with Crippen LogP contribution in [0.2, 0.25) is 0 Å². The Kier molecular flexibility index (Phi) is 4.30. The summed E-state index contributed by atoms with van der Waals surface area (Å²) in [7, 11) is 0. The average Bonchev–Trinajstić information content (AvgIpc) is 3.18. The predicted octanol–water partition coefficient (Wildman–Crippen LogP) is 2.73. The molecule has 0 spiro atoms. The molecule has 7 nitrogen and oxygen atoms in total. The Bertz CT molecular complexity index is 1130. The number of fused-ring (bicyclic) bond motifs is 2. The highest BCUT2D eigenvalue weighted by Crippen LogP contribution is 2.28. The van der Waals surface area contributed by atoms with Crippen molar-refractivity contribution in [2.24, 2.45) is 0 Å². The van der Waals surface area contributed by atoms with Crippen LogP contribution in [-0.2, 0) is 19.4 Å². The van der Waals surface area contributed by atoms with Crippen LogP contribution in [0.25, 0.3) is 11.4 Å². The lowest BCUT2D eigenvalue weighted by Crippen LogP contribution is -2.42. The second-order valence-corrected chi connectivity index (χ2v) is 7.93. The Hall–Kier alpha value is -3.22. The number of H-pyrrole nitrogens is 1. The van der Waals surface area contributed by atoms with Gasteiger partial charge in [0.05, 0.1) is 12.6 Å². The average molecular weight is 389 g/mol. The zero-order valence-corrected chi connectivity index (χ0v) is 16.4. The minimum atomic E-state index is -0.291. The number of hydrogen-bond donors (Lipinski definition) is 1. The van der Waals surface area contributed by atoms with Crippen molar-refractivity contribution >= 4 is 5.91 Å². The topological polar surface area (TPSA) is 83.9 Å². The number of pyridine rings is 1. The van der Waals surface area contributed by atoms with E-state index in [0.717, 1.165) is 54.2 Å². The maximum atomic E-state index is 13.2. The number of nitrogens with zero attached hydrogens (tertiary/aromatic N) is 4. The van der Waals surface area contributed by atoms with Gasteiger partial charge in [0.15, 0.2) is 11.6 Å². The molecule has 0 radical (unpaired) electrons. The number of amides is 1. The highest BCUT2D eigenvalue weighted by Gasteiger charge is 2.31. The fourth-order valence-corrected chi connectivity index (χ4v) is 4.47. The molecule has 0 saturated carbocycles. The van der Waals surface area contributed by atoms with E-state index < -0.39 is 0 Å². The SMILES string of the molecule is C[C@H]1CN(C(=O)c2cc3c([nH]c2=O)CCCC3)Cc2nnc(-c3ccccc3)n21. The predicted molar refractivity (Wildman–Crippen MR) is 109 cm³/mol. The van der Waals surface area contributed by atoms with Crippen LogP contribution in [0.4, 0.5) is 0 Å². The van der Waals surface area contributed by atoms with Crippen molar-refractivity contribution in [2.45, 2.75) is 45.2 Å². The molecule has 1 N–H and O–H groups in total. The molecule has 0 fully saturated rings. The summed E-state index contributed by atoms with van der Waals surface area (Å²) in [5, 5.41) is 8.70. The fraction of sp³-hybridized carbons (Fsp3) is 0.364. The molecule has 2 aromatic heterocycles. The summed E-state index contributed by atoms with van der Waals surface area (Å²) in [5.41, 5.74) is 3.02. The first kappa shape index (κ1) is 17.8. The summed E-state index contributed by atoms with van der Waals surface area (Å²) < 4.78 is 2.09. The van der Waals surface area contributed by atoms with Gasteiger partial charge >= 0.3 is 0 Å². The molecule has 2 aliphatic rings. The van der Waals surface area contributed by atoms with Crippen molar-refractivity contribution in [3.8, 4) is 11.4 Å². The van der Waals surface area contributed by atoms with E-state index in [1.807, 2.05) is 30.3 Å². The number of rotatable bonds is 2. The van der Waals surface area contributed by atoms with Crippen molar-refractivity contribution in [3.63, 3.8) is 0 Å². The minimum Gasteiger partial charge on any atom is -0.329 e. The van der Waals surface area contributed by atoms with Crippen LogP contribution < -0.4 is 5.56 Å². The number of nitrogens with one attached hydrogen (secondary N) is 1. The molecule has 1 aliphatic carbocycles. The van der Waals surface area contributed by atoms with Gasteiger partial charge in [0.25, 0.3) is 11.5 Å². The van der Waals surface area contributed by atoms with Crippen molar-refractivity contribution in [1.29, 1.82) is 0 Å². The van der Waals surface area contributed by atoms with Crippen LogP contribution in [0, 0.1) is 0 Å². The molecule has 3 aromatic rings. The van der Waals surface area contributed by atoms with Gasteiger partial charge < -0.3 is 14.5 Å². The first-order valence-electron chi connectivity index (χ1n) is 10.2. The van der Waals surface area contributed by atoms with Crippen molar-refractivity contribution in [3.05, 3.63) is 69.4 Å². The van der Waals surface area contributed by atoms with Crippen molar-refractivity contribution in [2.75, 3.05) is 6.54 Å². The second kappa shape index (κ2) is 6.99. The molecule has 0 unspecified atom stereocenters. The Morgan fingerprint density at radius 1 is 1.14 bits per heavy atom. The molecular weight excluding hydrogens is 366 g/mol. The summed E-state index contributed by atoms with van der Waals surface area (Å²) in [5.74, 6) is 1.32. The van der Waals surface area contributed by atoms with Crippen LogP contribution in [0.15, 0.2) is 41.2 Å². The lowest BCUT2D eigenvalue weighted by Gasteiger charge is -2.32. The molecule has 1 amide bonds. The maximum Gasteiger partial charge on any atom is 0.261 e. The van der Waals surface area contributed by atoms with E-state index >= 15 is 0 Å². The van der Waals surface area contributed by atoms with E-state index in [1.54, 1.807) is 11.0 Å². The number of aryl methyl sites for hydroxylation is 2. The zero-order valence-electron chi connectivity index (χ0n) is 16.4. The minimum absolute atomic E-state index is 0.0182. The maximum absolute atomic E-state index is 13.2. The molecule has 148 valence electrons. The van der Waals surface area contributed by atoms with E-state index in [0.29, 0.717) is 13.1 Å². The highest BCUT2D eigenvalue weighted by molar-refractivity contribution is 5.94. The molecule has 1 aliphatic heterocycles. The third-order valence-electron chi connectivity index (χ3n) is 5.91. The number of benzene rings is 1. The first-order chi connectivity index (χ1) is 14.1. The fourth-order valence-electron chi connectivity index (χ4n) is 4.47. The molecule has 0 bridgehead atoms. The van der Waals surface area contributed by atoms with Crippen LogP contribution in [0.1, 0.15) is 53.2 Å². The summed E-state index contributed by atoms with van der Waals surface area (Å²) in [6.07, 6.45) is 3.97. The van der Waals surface area contributed by atoms with Crippen LogP contribution in [0.5, 0.6) is 0 Å². The molecule has 1 atom stereocenters. The standard InChI is InChI=1S/C22H23N5O2/c1-14-12-26(13-19-24-25-20(27(14)19)15-7-3-2-4-8-15)22(29)17-11-16-9-5-6-10-18(16)23-21(17)28/h2-4,7-8,11,14H,5-6,9-10,12-13H2,1H3,(H,23,28)/t14-/m0/s1. The third-order valence-corrected chi connectivity index (χ3v) is 5.91. The number of carbonyl (C=O) groups is 1. The van der Waals surface area contributed by atoms with Gasteiger partial charge in [-0.3, -0.25) is 9.59 Å². The lowest BCUT2D eigenvalue weighted by molar-refractivity contribution is 0.0680. The van der Waals surface area contributed by atoms with E-state index in [1.165, 1.54) is 0 Å². The lowest BCUT2D eigenvalue weighted by atomic mass is 9.95.